The highest BCUT2D eigenvalue weighted by Gasteiger charge is 2.20. The number of nitrogens with one attached hydrogen (secondary N) is 1. The van der Waals surface area contributed by atoms with Gasteiger partial charge in [-0.05, 0) is 66.1 Å². The van der Waals surface area contributed by atoms with Crippen molar-refractivity contribution in [1.29, 1.82) is 0 Å². The Morgan fingerprint density at radius 2 is 1.96 bits per heavy atom. The van der Waals surface area contributed by atoms with E-state index in [0.29, 0.717) is 0 Å². The van der Waals surface area contributed by atoms with Crippen LogP contribution in [0.15, 0.2) is 24.3 Å². The van der Waals surface area contributed by atoms with Gasteiger partial charge in [-0.15, -0.1) is 0 Å². The average molecular weight is 317 g/mol. The summed E-state index contributed by atoms with van der Waals surface area (Å²) >= 11 is 0. The molecule has 0 amide bonds. The quantitative estimate of drug-likeness (QED) is 0.934. The molecule has 0 saturated carbocycles. The van der Waals surface area contributed by atoms with E-state index in [1.165, 1.54) is 0 Å². The maximum Gasteiger partial charge on any atom is 0.419 e. The van der Waals surface area contributed by atoms with Crippen LogP contribution < -0.4 is 5.32 Å². The van der Waals surface area contributed by atoms with Crippen molar-refractivity contribution in [2.24, 2.45) is 0 Å². The van der Waals surface area contributed by atoms with E-state index in [-0.39, 0.29) is 6.09 Å². The van der Waals surface area contributed by atoms with Crippen LogP contribution in [0.4, 0.5) is 10.5 Å². The number of carbonyl (C=O) groups excluding carboxylic acids is 1. The fourth-order valence-corrected chi connectivity index (χ4v) is 2.44. The van der Waals surface area contributed by atoms with Crippen LogP contribution in [0.25, 0.3) is 10.9 Å². The van der Waals surface area contributed by atoms with Gasteiger partial charge in [0.05, 0.1) is 5.52 Å². The molecule has 0 fully saturated rings. The highest BCUT2D eigenvalue weighted by atomic mass is 16.6. The zero-order valence-electron chi connectivity index (χ0n) is 14.9. The molecule has 0 aliphatic heterocycles. The first kappa shape index (κ1) is 17.3. The molecular weight excluding hydrogens is 290 g/mol. The van der Waals surface area contributed by atoms with E-state index in [0.717, 1.165) is 35.4 Å². The Bertz CT molecular complexity index is 696. The third-order valence-corrected chi connectivity index (χ3v) is 3.45. The number of carbonyl (C=O) groups is 1. The second-order valence-corrected chi connectivity index (χ2v) is 7.11. The predicted octanol–water partition coefficient (Wildman–Crippen LogP) is 3.71. The number of hydrogen-bond acceptors (Lipinski definition) is 4. The van der Waals surface area contributed by atoms with Crippen molar-refractivity contribution >= 4 is 22.7 Å². The molecule has 0 unspecified atom stereocenters. The molecule has 2 aromatic rings. The van der Waals surface area contributed by atoms with Gasteiger partial charge in [0.15, 0.2) is 0 Å². The lowest BCUT2D eigenvalue weighted by Crippen LogP contribution is -2.27. The Balaban J connectivity index is 2.24. The summed E-state index contributed by atoms with van der Waals surface area (Å²) in [6.07, 6.45) is -0.335. The summed E-state index contributed by atoms with van der Waals surface area (Å²) in [7, 11) is 4.10. The third-order valence-electron chi connectivity index (χ3n) is 3.45. The lowest BCUT2D eigenvalue weighted by atomic mass is 10.2. The SMILES string of the molecule is Cc1cc2cc(NCCN(C)C)ccc2n1C(=O)OC(C)(C)C. The summed E-state index contributed by atoms with van der Waals surface area (Å²) in [5.41, 5.74) is 2.30. The topological polar surface area (TPSA) is 46.5 Å². The van der Waals surface area contributed by atoms with E-state index in [1.807, 2.05) is 45.9 Å². The zero-order chi connectivity index (χ0) is 17.2. The summed E-state index contributed by atoms with van der Waals surface area (Å²) in [5, 5.41) is 4.43. The van der Waals surface area contributed by atoms with Crippen LogP contribution in [0.3, 0.4) is 0 Å². The van der Waals surface area contributed by atoms with Crippen LogP contribution in [-0.2, 0) is 4.74 Å². The van der Waals surface area contributed by atoms with Gasteiger partial charge in [0.25, 0.3) is 0 Å². The molecule has 5 nitrogen and oxygen atoms in total. The molecular formula is C18H27N3O2. The van der Waals surface area contributed by atoms with E-state index >= 15 is 0 Å². The van der Waals surface area contributed by atoms with Crippen LogP contribution in [0, 0.1) is 6.92 Å². The van der Waals surface area contributed by atoms with E-state index in [9.17, 15) is 4.79 Å². The number of fused-ring (bicyclic) bond motifs is 1. The first-order valence-corrected chi connectivity index (χ1v) is 7.91. The third kappa shape index (κ3) is 4.48. The van der Waals surface area contributed by atoms with Crippen LogP contribution in [0.5, 0.6) is 0 Å². The van der Waals surface area contributed by atoms with Crippen LogP contribution in [-0.4, -0.2) is 48.3 Å². The molecule has 126 valence electrons. The number of anilines is 1. The Kier molecular flexibility index (Phi) is 5.00. The molecule has 1 heterocycles. The van der Waals surface area contributed by atoms with Gasteiger partial charge in [-0.3, -0.25) is 0 Å². The number of hydrogen-bond donors (Lipinski definition) is 1. The lowest BCUT2D eigenvalue weighted by molar-refractivity contribution is 0.0541. The first-order chi connectivity index (χ1) is 10.7. The van der Waals surface area contributed by atoms with Gasteiger partial charge in [0.1, 0.15) is 5.60 Å². The summed E-state index contributed by atoms with van der Waals surface area (Å²) in [5.74, 6) is 0. The van der Waals surface area contributed by atoms with Gasteiger partial charge >= 0.3 is 6.09 Å². The number of likely N-dealkylation sites (N-methyl/N-ethyl adjacent to an activating group) is 1. The second kappa shape index (κ2) is 6.62. The number of ether oxygens (including phenoxy) is 1. The van der Waals surface area contributed by atoms with Crippen LogP contribution in [0.2, 0.25) is 0 Å². The molecule has 23 heavy (non-hydrogen) atoms. The molecule has 0 atom stereocenters. The number of aryl methyl sites for hydroxylation is 1. The maximum atomic E-state index is 12.4. The van der Waals surface area contributed by atoms with Gasteiger partial charge in [-0.1, -0.05) is 0 Å². The molecule has 0 radical (unpaired) electrons. The minimum absolute atomic E-state index is 0.335. The molecule has 0 aliphatic carbocycles. The summed E-state index contributed by atoms with van der Waals surface area (Å²) in [6, 6.07) is 8.04. The van der Waals surface area contributed by atoms with Gasteiger partial charge in [0.2, 0.25) is 0 Å². The van der Waals surface area contributed by atoms with Gasteiger partial charge in [-0.25, -0.2) is 9.36 Å². The van der Waals surface area contributed by atoms with Gasteiger partial charge in [0, 0.05) is 29.9 Å². The summed E-state index contributed by atoms with van der Waals surface area (Å²) < 4.78 is 7.12. The number of nitrogens with zero attached hydrogens (tertiary/aromatic N) is 2. The highest BCUT2D eigenvalue weighted by molar-refractivity contribution is 5.92. The normalized spacial score (nSPS) is 12.0. The monoisotopic (exact) mass is 317 g/mol. The molecule has 0 aliphatic rings. The highest BCUT2D eigenvalue weighted by Crippen LogP contribution is 2.24. The lowest BCUT2D eigenvalue weighted by Gasteiger charge is -2.20. The Hall–Kier alpha value is -2.01. The number of aromatic nitrogens is 1. The molecule has 2 rings (SSSR count). The Labute approximate surface area is 138 Å². The molecule has 1 N–H and O–H groups in total. The van der Waals surface area contributed by atoms with Gasteiger partial charge < -0.3 is 15.0 Å². The molecule has 0 bridgehead atoms. The standard InChI is InChI=1S/C18H27N3O2/c1-13-11-14-12-15(19-9-10-20(5)6)7-8-16(14)21(13)17(22)23-18(2,3)4/h7-8,11-12,19H,9-10H2,1-6H3. The van der Waals surface area contributed by atoms with E-state index in [1.54, 1.807) is 4.57 Å². The second-order valence-electron chi connectivity index (χ2n) is 7.11. The fraction of sp³-hybridized carbons (Fsp3) is 0.500. The summed E-state index contributed by atoms with van der Waals surface area (Å²) in [6.45, 7) is 9.39. The molecule has 5 heteroatoms. The van der Waals surface area contributed by atoms with Gasteiger partial charge in [-0.2, -0.15) is 0 Å². The van der Waals surface area contributed by atoms with E-state index < -0.39 is 5.60 Å². The molecule has 1 aromatic heterocycles. The first-order valence-electron chi connectivity index (χ1n) is 7.91. The zero-order valence-corrected chi connectivity index (χ0v) is 14.9. The van der Waals surface area contributed by atoms with Crippen LogP contribution >= 0.6 is 0 Å². The van der Waals surface area contributed by atoms with Crippen molar-refractivity contribution in [2.45, 2.75) is 33.3 Å². The van der Waals surface area contributed by atoms with Crippen molar-refractivity contribution < 1.29 is 9.53 Å². The van der Waals surface area contributed by atoms with Crippen molar-refractivity contribution in [3.8, 4) is 0 Å². The summed E-state index contributed by atoms with van der Waals surface area (Å²) in [4.78, 5) is 14.5. The van der Waals surface area contributed by atoms with Crippen molar-refractivity contribution in [1.82, 2.24) is 9.47 Å². The number of benzene rings is 1. The van der Waals surface area contributed by atoms with E-state index in [2.05, 4.69) is 30.4 Å². The Morgan fingerprint density at radius 1 is 1.26 bits per heavy atom. The van der Waals surface area contributed by atoms with E-state index in [4.69, 9.17) is 4.74 Å². The molecule has 0 saturated heterocycles. The van der Waals surface area contributed by atoms with Crippen molar-refractivity contribution in [3.63, 3.8) is 0 Å². The predicted molar refractivity (Wildman–Crippen MR) is 95.4 cm³/mol. The minimum atomic E-state index is -0.506. The Morgan fingerprint density at radius 3 is 2.57 bits per heavy atom. The number of rotatable bonds is 4. The average Bonchev–Trinajstić information content (AvgIpc) is 2.71. The van der Waals surface area contributed by atoms with Crippen molar-refractivity contribution in [3.05, 3.63) is 30.0 Å². The van der Waals surface area contributed by atoms with Crippen molar-refractivity contribution in [2.75, 3.05) is 32.5 Å². The smallest absolute Gasteiger partial charge is 0.419 e. The largest absolute Gasteiger partial charge is 0.443 e. The molecule has 0 spiro atoms. The van der Waals surface area contributed by atoms with Crippen LogP contribution in [0.1, 0.15) is 26.5 Å². The fourth-order valence-electron chi connectivity index (χ4n) is 2.44. The minimum Gasteiger partial charge on any atom is -0.443 e. The maximum absolute atomic E-state index is 12.4. The molecule has 1 aromatic carbocycles.